The van der Waals surface area contributed by atoms with Crippen LogP contribution in [0.4, 0.5) is 5.69 Å². The van der Waals surface area contributed by atoms with E-state index in [4.69, 9.17) is 10.5 Å². The fourth-order valence-corrected chi connectivity index (χ4v) is 1.52. The molecule has 1 amide bonds. The van der Waals surface area contributed by atoms with E-state index in [1.807, 2.05) is 42.5 Å². The lowest BCUT2D eigenvalue weighted by Crippen LogP contribution is -2.32. The number of amides is 1. The maximum absolute atomic E-state index is 11.5. The summed E-state index contributed by atoms with van der Waals surface area (Å²) in [4.78, 5) is 11.5. The minimum Gasteiger partial charge on any atom is -0.457 e. The second-order valence-electron chi connectivity index (χ2n) is 4.22. The summed E-state index contributed by atoms with van der Waals surface area (Å²) in [5, 5.41) is 2.72. The third-order valence-electron chi connectivity index (χ3n) is 2.49. The molecule has 2 aromatic rings. The predicted molar refractivity (Wildman–Crippen MR) is 75.2 cm³/mol. The molecular formula is C15H16N2O2. The van der Waals surface area contributed by atoms with Crippen molar-refractivity contribution in [2.45, 2.75) is 13.0 Å². The van der Waals surface area contributed by atoms with Gasteiger partial charge in [-0.3, -0.25) is 4.79 Å². The van der Waals surface area contributed by atoms with Crippen molar-refractivity contribution in [2.24, 2.45) is 5.73 Å². The number of ether oxygens (including phenoxy) is 1. The zero-order chi connectivity index (χ0) is 13.7. The maximum Gasteiger partial charge on any atom is 0.241 e. The summed E-state index contributed by atoms with van der Waals surface area (Å²) in [6.45, 7) is 1.64. The molecule has 0 aliphatic carbocycles. The third kappa shape index (κ3) is 3.82. The lowest BCUT2D eigenvalue weighted by Gasteiger charge is -2.10. The Labute approximate surface area is 112 Å². The first-order valence-electron chi connectivity index (χ1n) is 6.04. The standard InChI is InChI=1S/C15H16N2O2/c1-11(16)15(18)17-12-6-5-9-14(10-12)19-13-7-3-2-4-8-13/h2-11H,16H2,1H3,(H,17,18)/t11-/m0/s1. The van der Waals surface area contributed by atoms with Crippen molar-refractivity contribution in [3.05, 3.63) is 54.6 Å². The van der Waals surface area contributed by atoms with Crippen LogP contribution in [-0.4, -0.2) is 11.9 Å². The highest BCUT2D eigenvalue weighted by Crippen LogP contribution is 2.23. The molecular weight excluding hydrogens is 240 g/mol. The van der Waals surface area contributed by atoms with Crippen LogP contribution >= 0.6 is 0 Å². The van der Waals surface area contributed by atoms with E-state index in [1.54, 1.807) is 19.1 Å². The van der Waals surface area contributed by atoms with Crippen molar-refractivity contribution in [1.82, 2.24) is 0 Å². The Kier molecular flexibility index (Phi) is 4.15. The molecule has 0 aliphatic heterocycles. The van der Waals surface area contributed by atoms with Gasteiger partial charge in [0.15, 0.2) is 0 Å². The summed E-state index contributed by atoms with van der Waals surface area (Å²) in [6, 6.07) is 16.1. The Balaban J connectivity index is 2.09. The van der Waals surface area contributed by atoms with E-state index in [1.165, 1.54) is 0 Å². The Hall–Kier alpha value is -2.33. The van der Waals surface area contributed by atoms with Gasteiger partial charge in [-0.1, -0.05) is 24.3 Å². The number of nitrogens with one attached hydrogen (secondary N) is 1. The third-order valence-corrected chi connectivity index (χ3v) is 2.49. The summed E-state index contributed by atoms with van der Waals surface area (Å²) >= 11 is 0. The van der Waals surface area contributed by atoms with Gasteiger partial charge < -0.3 is 15.8 Å². The fraction of sp³-hybridized carbons (Fsp3) is 0.133. The van der Waals surface area contributed by atoms with Crippen LogP contribution in [0.1, 0.15) is 6.92 Å². The van der Waals surface area contributed by atoms with Gasteiger partial charge in [-0.15, -0.1) is 0 Å². The number of para-hydroxylation sites is 1. The molecule has 0 aromatic heterocycles. The molecule has 0 radical (unpaired) electrons. The highest BCUT2D eigenvalue weighted by molar-refractivity contribution is 5.94. The largest absolute Gasteiger partial charge is 0.457 e. The van der Waals surface area contributed by atoms with Gasteiger partial charge in [0.25, 0.3) is 0 Å². The van der Waals surface area contributed by atoms with Crippen LogP contribution in [0, 0.1) is 0 Å². The molecule has 0 spiro atoms. The molecule has 1 atom stereocenters. The molecule has 0 unspecified atom stereocenters. The number of anilines is 1. The minimum absolute atomic E-state index is 0.225. The molecule has 19 heavy (non-hydrogen) atoms. The zero-order valence-electron chi connectivity index (χ0n) is 10.7. The van der Waals surface area contributed by atoms with Crippen LogP contribution in [-0.2, 0) is 4.79 Å². The summed E-state index contributed by atoms with van der Waals surface area (Å²) in [5.41, 5.74) is 6.16. The number of rotatable bonds is 4. The van der Waals surface area contributed by atoms with Crippen molar-refractivity contribution in [2.75, 3.05) is 5.32 Å². The predicted octanol–water partition coefficient (Wildman–Crippen LogP) is 2.76. The lowest BCUT2D eigenvalue weighted by atomic mass is 10.2. The number of hydrogen-bond donors (Lipinski definition) is 2. The van der Waals surface area contributed by atoms with Gasteiger partial charge in [0.05, 0.1) is 6.04 Å². The lowest BCUT2D eigenvalue weighted by molar-refractivity contribution is -0.117. The number of benzene rings is 2. The second kappa shape index (κ2) is 6.02. The van der Waals surface area contributed by atoms with Gasteiger partial charge in [0.2, 0.25) is 5.91 Å². The molecule has 98 valence electrons. The van der Waals surface area contributed by atoms with Gasteiger partial charge >= 0.3 is 0 Å². The van der Waals surface area contributed by atoms with Gasteiger partial charge in [0.1, 0.15) is 11.5 Å². The van der Waals surface area contributed by atoms with Crippen molar-refractivity contribution < 1.29 is 9.53 Å². The average molecular weight is 256 g/mol. The molecule has 0 saturated heterocycles. The summed E-state index contributed by atoms with van der Waals surface area (Å²) < 4.78 is 5.68. The Morgan fingerprint density at radius 3 is 2.47 bits per heavy atom. The molecule has 3 N–H and O–H groups in total. The second-order valence-corrected chi connectivity index (χ2v) is 4.22. The molecule has 4 heteroatoms. The van der Waals surface area contributed by atoms with Crippen LogP contribution < -0.4 is 15.8 Å². The van der Waals surface area contributed by atoms with Crippen LogP contribution in [0.2, 0.25) is 0 Å². The first-order chi connectivity index (χ1) is 9.15. The smallest absolute Gasteiger partial charge is 0.241 e. The molecule has 0 saturated carbocycles. The molecule has 0 heterocycles. The quantitative estimate of drug-likeness (QED) is 0.884. The number of hydrogen-bond acceptors (Lipinski definition) is 3. The van der Waals surface area contributed by atoms with Crippen LogP contribution in [0.15, 0.2) is 54.6 Å². The number of nitrogens with two attached hydrogens (primary N) is 1. The number of carbonyl (C=O) groups excluding carboxylic acids is 1. The van der Waals surface area contributed by atoms with Gasteiger partial charge in [-0.25, -0.2) is 0 Å². The Bertz CT molecular complexity index is 553. The Morgan fingerprint density at radius 1 is 1.11 bits per heavy atom. The van der Waals surface area contributed by atoms with E-state index in [9.17, 15) is 4.79 Å². The van der Waals surface area contributed by atoms with Gasteiger partial charge in [-0.2, -0.15) is 0 Å². The summed E-state index contributed by atoms with van der Waals surface area (Å²) in [5.74, 6) is 1.18. The molecule has 2 aromatic carbocycles. The average Bonchev–Trinajstić information content (AvgIpc) is 2.40. The summed E-state index contributed by atoms with van der Waals surface area (Å²) in [6.07, 6.45) is 0. The van der Waals surface area contributed by atoms with Crippen molar-refractivity contribution >= 4 is 11.6 Å². The van der Waals surface area contributed by atoms with Crippen molar-refractivity contribution in [1.29, 1.82) is 0 Å². The zero-order valence-corrected chi connectivity index (χ0v) is 10.7. The minimum atomic E-state index is -0.543. The normalized spacial score (nSPS) is 11.7. The molecule has 4 nitrogen and oxygen atoms in total. The van der Waals surface area contributed by atoms with E-state index < -0.39 is 6.04 Å². The van der Waals surface area contributed by atoms with Gasteiger partial charge in [-0.05, 0) is 31.2 Å². The van der Waals surface area contributed by atoms with E-state index in [0.717, 1.165) is 5.75 Å². The molecule has 0 fully saturated rings. The van der Waals surface area contributed by atoms with E-state index in [0.29, 0.717) is 11.4 Å². The van der Waals surface area contributed by atoms with Gasteiger partial charge in [0, 0.05) is 11.8 Å². The van der Waals surface area contributed by atoms with Crippen molar-refractivity contribution in [3.8, 4) is 11.5 Å². The van der Waals surface area contributed by atoms with Crippen LogP contribution in [0.5, 0.6) is 11.5 Å². The highest BCUT2D eigenvalue weighted by atomic mass is 16.5. The SMILES string of the molecule is C[C@H](N)C(=O)Nc1cccc(Oc2ccccc2)c1. The number of carbonyl (C=O) groups is 1. The molecule has 2 rings (SSSR count). The van der Waals surface area contributed by atoms with Crippen LogP contribution in [0.25, 0.3) is 0 Å². The van der Waals surface area contributed by atoms with E-state index in [-0.39, 0.29) is 5.91 Å². The van der Waals surface area contributed by atoms with Crippen molar-refractivity contribution in [3.63, 3.8) is 0 Å². The Morgan fingerprint density at radius 2 is 1.79 bits per heavy atom. The molecule has 0 bridgehead atoms. The first kappa shape index (κ1) is 13.1. The fourth-order valence-electron chi connectivity index (χ4n) is 1.52. The van der Waals surface area contributed by atoms with Crippen LogP contribution in [0.3, 0.4) is 0 Å². The van der Waals surface area contributed by atoms with E-state index >= 15 is 0 Å². The first-order valence-corrected chi connectivity index (χ1v) is 6.04. The monoisotopic (exact) mass is 256 g/mol. The topological polar surface area (TPSA) is 64.4 Å². The highest BCUT2D eigenvalue weighted by Gasteiger charge is 2.07. The maximum atomic E-state index is 11.5. The van der Waals surface area contributed by atoms with E-state index in [2.05, 4.69) is 5.32 Å². The molecule has 0 aliphatic rings. The summed E-state index contributed by atoms with van der Waals surface area (Å²) in [7, 11) is 0.